The number of nitrogens with one attached hydrogen (secondary N) is 1. The maximum Gasteiger partial charge on any atom is 0.251 e. The van der Waals surface area contributed by atoms with E-state index < -0.39 is 6.04 Å². The van der Waals surface area contributed by atoms with Gasteiger partial charge in [-0.05, 0) is 41.0 Å². The van der Waals surface area contributed by atoms with Crippen molar-refractivity contribution in [2.24, 2.45) is 0 Å². The highest BCUT2D eigenvalue weighted by Gasteiger charge is 2.32. The fourth-order valence-electron chi connectivity index (χ4n) is 4.33. The van der Waals surface area contributed by atoms with Gasteiger partial charge in [0.05, 0.1) is 33.4 Å². The molecule has 200 valence electrons. The summed E-state index contributed by atoms with van der Waals surface area (Å²) >= 11 is 0. The molecule has 1 atom stereocenters. The van der Waals surface area contributed by atoms with E-state index in [0.717, 1.165) is 11.1 Å². The molecule has 0 spiro atoms. The van der Waals surface area contributed by atoms with Crippen LogP contribution in [0.3, 0.4) is 0 Å². The third-order valence-electron chi connectivity index (χ3n) is 6.37. The van der Waals surface area contributed by atoms with Crippen LogP contribution in [0.25, 0.3) is 0 Å². The molecule has 0 radical (unpaired) electrons. The number of nitrogens with zero attached hydrogens (tertiary/aromatic N) is 1. The van der Waals surface area contributed by atoms with E-state index in [4.69, 9.17) is 14.2 Å². The van der Waals surface area contributed by atoms with Crippen molar-refractivity contribution in [1.82, 2.24) is 4.90 Å². The summed E-state index contributed by atoms with van der Waals surface area (Å²) in [6, 6.07) is 30.5. The van der Waals surface area contributed by atoms with Crippen molar-refractivity contribution >= 4 is 17.5 Å². The molecule has 4 rings (SSSR count). The molecule has 0 fully saturated rings. The maximum atomic E-state index is 14.0. The van der Waals surface area contributed by atoms with Gasteiger partial charge in [0, 0.05) is 12.6 Å². The Morgan fingerprint density at radius 2 is 1.33 bits per heavy atom. The van der Waals surface area contributed by atoms with Gasteiger partial charge >= 0.3 is 0 Å². The highest BCUT2D eigenvalue weighted by atomic mass is 16.5. The molecule has 2 amide bonds. The first kappa shape index (κ1) is 27.3. The molecule has 0 aliphatic carbocycles. The third-order valence-corrected chi connectivity index (χ3v) is 6.37. The summed E-state index contributed by atoms with van der Waals surface area (Å²) in [6.45, 7) is 0.225. The van der Waals surface area contributed by atoms with Crippen molar-refractivity contribution in [3.63, 3.8) is 0 Å². The van der Waals surface area contributed by atoms with Gasteiger partial charge in [-0.25, -0.2) is 0 Å². The molecule has 0 saturated heterocycles. The zero-order valence-corrected chi connectivity index (χ0v) is 22.3. The minimum atomic E-state index is -0.906. The summed E-state index contributed by atoms with van der Waals surface area (Å²) in [4.78, 5) is 29.5. The van der Waals surface area contributed by atoms with Crippen molar-refractivity contribution in [2.45, 2.75) is 19.0 Å². The van der Waals surface area contributed by atoms with Crippen LogP contribution < -0.4 is 19.5 Å². The number of benzene rings is 4. The molecular formula is C32H32N2O5. The number of carbonyl (C=O) groups excluding carboxylic acids is 2. The van der Waals surface area contributed by atoms with Crippen LogP contribution in [-0.2, 0) is 22.6 Å². The summed E-state index contributed by atoms with van der Waals surface area (Å²) in [7, 11) is 4.69. The quantitative estimate of drug-likeness (QED) is 0.274. The Kier molecular flexibility index (Phi) is 9.19. The van der Waals surface area contributed by atoms with E-state index in [0.29, 0.717) is 28.5 Å². The largest absolute Gasteiger partial charge is 0.497 e. The minimum absolute atomic E-state index is 0.152. The highest BCUT2D eigenvalue weighted by Crippen LogP contribution is 2.32. The van der Waals surface area contributed by atoms with Crippen LogP contribution in [0.15, 0.2) is 103 Å². The van der Waals surface area contributed by atoms with Gasteiger partial charge in [0.25, 0.3) is 5.91 Å². The van der Waals surface area contributed by atoms with Gasteiger partial charge in [-0.3, -0.25) is 9.59 Å². The molecule has 1 N–H and O–H groups in total. The lowest BCUT2D eigenvalue weighted by molar-refractivity contribution is -0.139. The first-order valence-electron chi connectivity index (χ1n) is 12.6. The number of hydrogen-bond acceptors (Lipinski definition) is 5. The van der Waals surface area contributed by atoms with Crippen LogP contribution >= 0.6 is 0 Å². The molecule has 4 aromatic carbocycles. The lowest BCUT2D eigenvalue weighted by atomic mass is 10.0. The van der Waals surface area contributed by atoms with Gasteiger partial charge in [-0.2, -0.15) is 0 Å². The van der Waals surface area contributed by atoms with Crippen LogP contribution in [0.1, 0.15) is 22.7 Å². The first-order valence-corrected chi connectivity index (χ1v) is 12.6. The predicted octanol–water partition coefficient (Wildman–Crippen LogP) is 5.66. The Labute approximate surface area is 228 Å². The van der Waals surface area contributed by atoms with E-state index in [1.165, 1.54) is 7.11 Å². The number of amides is 2. The average Bonchev–Trinajstić information content (AvgIpc) is 2.98. The van der Waals surface area contributed by atoms with Crippen molar-refractivity contribution in [3.05, 3.63) is 120 Å². The van der Waals surface area contributed by atoms with E-state index in [2.05, 4.69) is 5.32 Å². The highest BCUT2D eigenvalue weighted by molar-refractivity contribution is 5.99. The van der Waals surface area contributed by atoms with Crippen molar-refractivity contribution in [1.29, 1.82) is 0 Å². The monoisotopic (exact) mass is 524 g/mol. The number of methoxy groups -OCH3 is 3. The fraction of sp³-hybridized carbons (Fsp3) is 0.188. The molecule has 0 bridgehead atoms. The summed E-state index contributed by atoms with van der Waals surface area (Å²) in [5.41, 5.74) is 2.90. The Balaban J connectivity index is 1.73. The van der Waals surface area contributed by atoms with Crippen LogP contribution in [0.5, 0.6) is 17.2 Å². The van der Waals surface area contributed by atoms with Gasteiger partial charge < -0.3 is 24.4 Å². The smallest absolute Gasteiger partial charge is 0.251 e. The second kappa shape index (κ2) is 13.1. The van der Waals surface area contributed by atoms with Crippen LogP contribution in [0.2, 0.25) is 0 Å². The zero-order chi connectivity index (χ0) is 27.6. The molecule has 0 aliphatic heterocycles. The van der Waals surface area contributed by atoms with Crippen molar-refractivity contribution < 1.29 is 23.8 Å². The van der Waals surface area contributed by atoms with Crippen molar-refractivity contribution in [3.8, 4) is 17.2 Å². The van der Waals surface area contributed by atoms with Crippen LogP contribution in [0.4, 0.5) is 5.69 Å². The molecule has 7 nitrogen and oxygen atoms in total. The van der Waals surface area contributed by atoms with Crippen LogP contribution in [-0.4, -0.2) is 38.0 Å². The number of ether oxygens (including phenoxy) is 3. The summed E-state index contributed by atoms with van der Waals surface area (Å²) in [6.07, 6.45) is 0.152. The Bertz CT molecular complexity index is 1380. The van der Waals surface area contributed by atoms with Gasteiger partial charge in [0.15, 0.2) is 0 Å². The SMILES string of the molecule is COc1ccc(CN(C(=O)Cc2ccccc2)C(C(=O)Nc2ccc(OC)cc2OC)c2ccccc2)cc1. The van der Waals surface area contributed by atoms with E-state index in [1.54, 1.807) is 37.3 Å². The Hall–Kier alpha value is -4.78. The maximum absolute atomic E-state index is 14.0. The normalized spacial score (nSPS) is 11.3. The molecule has 1 unspecified atom stereocenters. The summed E-state index contributed by atoms with van der Waals surface area (Å²) < 4.78 is 16.1. The molecule has 0 aromatic heterocycles. The molecular weight excluding hydrogens is 492 g/mol. The minimum Gasteiger partial charge on any atom is -0.497 e. The van der Waals surface area contributed by atoms with Gasteiger partial charge in [0.1, 0.15) is 23.3 Å². The topological polar surface area (TPSA) is 77.1 Å². The summed E-state index contributed by atoms with van der Waals surface area (Å²) in [5.74, 6) is 1.22. The number of hydrogen-bond donors (Lipinski definition) is 1. The van der Waals surface area contributed by atoms with E-state index >= 15 is 0 Å². The lowest BCUT2D eigenvalue weighted by Gasteiger charge is -2.32. The second-order valence-electron chi connectivity index (χ2n) is 8.90. The van der Waals surface area contributed by atoms with Crippen molar-refractivity contribution in [2.75, 3.05) is 26.6 Å². The number of anilines is 1. The van der Waals surface area contributed by atoms with E-state index in [1.807, 2.05) is 84.9 Å². The Morgan fingerprint density at radius 3 is 1.95 bits per heavy atom. The van der Waals surface area contributed by atoms with Gasteiger partial charge in [0.2, 0.25) is 5.91 Å². The number of rotatable bonds is 11. The molecule has 7 heteroatoms. The average molecular weight is 525 g/mol. The van der Waals surface area contributed by atoms with E-state index in [-0.39, 0.29) is 24.8 Å². The molecule has 4 aromatic rings. The second-order valence-corrected chi connectivity index (χ2v) is 8.90. The zero-order valence-electron chi connectivity index (χ0n) is 22.3. The van der Waals surface area contributed by atoms with Gasteiger partial charge in [-0.15, -0.1) is 0 Å². The van der Waals surface area contributed by atoms with Crippen LogP contribution in [0, 0.1) is 0 Å². The van der Waals surface area contributed by atoms with Gasteiger partial charge in [-0.1, -0.05) is 72.8 Å². The fourth-order valence-corrected chi connectivity index (χ4v) is 4.33. The standard InChI is InChI=1S/C32H32N2O5/c1-37-26-16-14-24(15-17-26)22-34(30(35)20-23-10-6-4-7-11-23)31(25-12-8-5-9-13-25)32(36)33-28-19-18-27(38-2)21-29(28)39-3/h4-19,21,31H,20,22H2,1-3H3,(H,33,36). The number of carbonyl (C=O) groups is 2. The van der Waals surface area contributed by atoms with E-state index in [9.17, 15) is 9.59 Å². The molecule has 39 heavy (non-hydrogen) atoms. The molecule has 0 saturated carbocycles. The first-order chi connectivity index (χ1) is 19.0. The molecule has 0 heterocycles. The molecule has 0 aliphatic rings. The lowest BCUT2D eigenvalue weighted by Crippen LogP contribution is -2.41. The summed E-state index contributed by atoms with van der Waals surface area (Å²) in [5, 5.41) is 2.98. The Morgan fingerprint density at radius 1 is 0.718 bits per heavy atom. The third kappa shape index (κ3) is 6.96. The predicted molar refractivity (Wildman–Crippen MR) is 151 cm³/mol.